The summed E-state index contributed by atoms with van der Waals surface area (Å²) in [4.78, 5) is 5.31. The number of benzene rings is 10. The van der Waals surface area contributed by atoms with E-state index in [1.54, 1.807) is 0 Å². The summed E-state index contributed by atoms with van der Waals surface area (Å²) in [6, 6.07) is 87.0. The van der Waals surface area contributed by atoms with Gasteiger partial charge in [0, 0.05) is 44.0 Å². The lowest BCUT2D eigenvalue weighted by atomic mass is 10.0. The largest absolute Gasteiger partial charge is 0.423 e. The highest BCUT2D eigenvalue weighted by atomic mass is 16.4. The van der Waals surface area contributed by atoms with Crippen LogP contribution in [-0.2, 0) is 0 Å². The third-order valence-electron chi connectivity index (χ3n) is 13.7. The van der Waals surface area contributed by atoms with Gasteiger partial charge in [-0.05, 0) is 106 Å². The molecule has 4 heterocycles. The molecule has 0 saturated carbocycles. The van der Waals surface area contributed by atoms with Crippen LogP contribution < -0.4 is 0 Å². The Labute approximate surface area is 391 Å². The van der Waals surface area contributed by atoms with Crippen molar-refractivity contribution in [3.05, 3.63) is 243 Å². The van der Waals surface area contributed by atoms with E-state index >= 15 is 0 Å². The summed E-state index contributed by atoms with van der Waals surface area (Å²) < 4.78 is 13.6. The second kappa shape index (κ2) is 15.2. The summed E-state index contributed by atoms with van der Waals surface area (Å²) in [6.45, 7) is 0. The third kappa shape index (κ3) is 5.99. The monoisotopic (exact) mass is 868 g/mol. The zero-order valence-electron chi connectivity index (χ0n) is 36.8. The van der Waals surface area contributed by atoms with Gasteiger partial charge in [0.2, 0.25) is 0 Å². The molecule has 0 saturated heterocycles. The van der Waals surface area contributed by atoms with Gasteiger partial charge >= 0.3 is 5.84 Å². The lowest BCUT2D eigenvalue weighted by Crippen LogP contribution is -1.94. The minimum atomic E-state index is 0.558. The molecule has 4 aromatic heterocycles. The number of hydrogen-bond acceptors (Lipinski definition) is 2. The molecule has 0 N–H and O–H groups in total. The van der Waals surface area contributed by atoms with Crippen LogP contribution in [0.2, 0.25) is 0 Å². The van der Waals surface area contributed by atoms with Crippen LogP contribution in [0, 0.1) is 0 Å². The summed E-state index contributed by atoms with van der Waals surface area (Å²) in [5.41, 5.74) is 19.6. The summed E-state index contributed by atoms with van der Waals surface area (Å²) in [6.07, 6.45) is 0. The van der Waals surface area contributed by atoms with E-state index in [-0.39, 0.29) is 0 Å². The van der Waals surface area contributed by atoms with Crippen LogP contribution >= 0.6 is 0 Å². The molecule has 0 spiro atoms. The fourth-order valence-corrected chi connectivity index (χ4v) is 10.6. The molecule has 10 aromatic carbocycles. The van der Waals surface area contributed by atoms with Crippen LogP contribution in [0.5, 0.6) is 0 Å². The topological polar surface area (TPSA) is 40.3 Å². The highest BCUT2D eigenvalue weighted by molar-refractivity contribution is 6.12. The van der Waals surface area contributed by atoms with Gasteiger partial charge in [0.05, 0.1) is 33.3 Å². The van der Waals surface area contributed by atoms with Crippen molar-refractivity contribution in [2.75, 3.05) is 0 Å². The van der Waals surface area contributed by atoms with Crippen molar-refractivity contribution in [3.8, 4) is 67.3 Å². The first kappa shape index (κ1) is 38.1. The van der Waals surface area contributed by atoms with Gasteiger partial charge < -0.3 is 13.6 Å². The maximum Gasteiger partial charge on any atom is 0.307 e. The highest BCUT2D eigenvalue weighted by Crippen LogP contribution is 2.42. The van der Waals surface area contributed by atoms with Crippen molar-refractivity contribution in [1.82, 2.24) is 18.5 Å². The molecule has 68 heavy (non-hydrogen) atoms. The number of imidazole rings is 1. The molecule has 318 valence electrons. The Morgan fingerprint density at radius 3 is 1.32 bits per heavy atom. The average Bonchev–Trinajstić information content (AvgIpc) is 4.16. The Balaban J connectivity index is 0.915. The molecule has 0 atom stereocenters. The van der Waals surface area contributed by atoms with Crippen LogP contribution in [0.1, 0.15) is 0 Å². The lowest BCUT2D eigenvalue weighted by Gasteiger charge is -2.11. The molecule has 0 aliphatic carbocycles. The summed E-state index contributed by atoms with van der Waals surface area (Å²) >= 11 is 0. The number of oxazole rings is 1. The van der Waals surface area contributed by atoms with Gasteiger partial charge in [0.1, 0.15) is 5.69 Å². The van der Waals surface area contributed by atoms with E-state index in [1.807, 2.05) is 0 Å². The maximum absolute atomic E-state index is 6.64. The van der Waals surface area contributed by atoms with E-state index in [4.69, 9.17) is 9.40 Å². The number of hydrogen-bond donors (Lipinski definition) is 0. The second-order valence-electron chi connectivity index (χ2n) is 17.6. The quantitative estimate of drug-likeness (QED) is 0.160. The predicted octanol–water partition coefficient (Wildman–Crippen LogP) is 16.6. The first-order valence-corrected chi connectivity index (χ1v) is 23.1. The van der Waals surface area contributed by atoms with E-state index in [1.165, 1.54) is 54.8 Å². The molecule has 14 aromatic rings. The fourth-order valence-electron chi connectivity index (χ4n) is 10.6. The fraction of sp³-hybridized carbons (Fsp3) is 0. The van der Waals surface area contributed by atoms with E-state index in [0.717, 1.165) is 67.1 Å². The van der Waals surface area contributed by atoms with Gasteiger partial charge in [0.25, 0.3) is 0 Å². The van der Waals surface area contributed by atoms with Crippen LogP contribution in [0.15, 0.2) is 247 Å². The predicted molar refractivity (Wildman–Crippen MR) is 281 cm³/mol. The molecule has 0 aliphatic heterocycles. The molecule has 0 bridgehead atoms. The highest BCUT2D eigenvalue weighted by Gasteiger charge is 2.23. The van der Waals surface area contributed by atoms with Crippen LogP contribution in [0.25, 0.3) is 128 Å². The second-order valence-corrected chi connectivity index (χ2v) is 17.6. The van der Waals surface area contributed by atoms with E-state index in [9.17, 15) is 0 Å². The summed E-state index contributed by atoms with van der Waals surface area (Å²) in [5, 5.41) is 4.78. The van der Waals surface area contributed by atoms with Crippen molar-refractivity contribution in [2.45, 2.75) is 0 Å². The van der Waals surface area contributed by atoms with Crippen molar-refractivity contribution < 1.29 is 4.42 Å². The zero-order chi connectivity index (χ0) is 44.7. The summed E-state index contributed by atoms with van der Waals surface area (Å²) in [5.74, 6) is 0.558. The molecule has 0 aliphatic rings. The van der Waals surface area contributed by atoms with Gasteiger partial charge in [-0.3, -0.25) is 4.40 Å². The number of fused-ring (bicyclic) bond motifs is 9. The summed E-state index contributed by atoms with van der Waals surface area (Å²) in [7, 11) is 0. The van der Waals surface area contributed by atoms with Gasteiger partial charge in [-0.25, -0.2) is 0 Å². The van der Waals surface area contributed by atoms with Crippen molar-refractivity contribution in [2.24, 2.45) is 0 Å². The Kier molecular flexibility index (Phi) is 8.52. The zero-order valence-corrected chi connectivity index (χ0v) is 36.8. The van der Waals surface area contributed by atoms with Crippen LogP contribution in [-0.4, -0.2) is 18.5 Å². The van der Waals surface area contributed by atoms with E-state index in [0.29, 0.717) is 5.84 Å². The minimum Gasteiger partial charge on any atom is -0.423 e. The number of nitrogens with zero attached hydrogens (tertiary/aromatic N) is 4. The molecular weight excluding hydrogens is 829 g/mol. The Hall–Kier alpha value is -9.19. The first-order chi connectivity index (χ1) is 33.7. The van der Waals surface area contributed by atoms with E-state index < -0.39 is 0 Å². The standard InChI is InChI=1S/C63H40N4O/c1-4-16-41(17-5-1)44-22-14-24-49(36-44)65-55-28-12-10-26-51(55)53-38-46(30-33-57(53)65)47-32-35-60-59(40-47)67-62(43-20-8-3-9-21-43)61(64-63(67)68-60)48-31-34-58-54(39-48)52-27-11-13-29-56(52)66(58)50-25-15-23-45(37-50)42-18-6-2-7-19-42/h1-40H. The number of para-hydroxylation sites is 2. The average molecular weight is 869 g/mol. The Morgan fingerprint density at radius 1 is 0.294 bits per heavy atom. The molecule has 5 nitrogen and oxygen atoms in total. The van der Waals surface area contributed by atoms with Crippen molar-refractivity contribution >= 4 is 60.6 Å². The van der Waals surface area contributed by atoms with Crippen LogP contribution in [0.4, 0.5) is 0 Å². The Bertz CT molecular complexity index is 4250. The number of rotatable bonds is 7. The smallest absolute Gasteiger partial charge is 0.307 e. The van der Waals surface area contributed by atoms with Gasteiger partial charge in [-0.2, -0.15) is 4.98 Å². The Morgan fingerprint density at radius 2 is 0.735 bits per heavy atom. The molecule has 0 amide bonds. The first-order valence-electron chi connectivity index (χ1n) is 23.1. The molecule has 5 heteroatoms. The maximum atomic E-state index is 6.64. The SMILES string of the molecule is c1ccc(-c2cccc(-n3c4ccccc4c4cc(-c5ccc6oc7nc(-c8ccc9c(c8)c8ccccc8n9-c8cccc(-c9ccccc9)c8)c(-c8ccccc8)n7c6c5)ccc43)c2)cc1. The molecule has 0 radical (unpaired) electrons. The molecule has 14 rings (SSSR count). The van der Waals surface area contributed by atoms with Crippen molar-refractivity contribution in [3.63, 3.8) is 0 Å². The third-order valence-corrected chi connectivity index (χ3v) is 13.7. The number of aromatic nitrogens is 4. The lowest BCUT2D eigenvalue weighted by molar-refractivity contribution is 0.642. The van der Waals surface area contributed by atoms with Gasteiger partial charge in [-0.15, -0.1) is 0 Å². The van der Waals surface area contributed by atoms with Crippen molar-refractivity contribution in [1.29, 1.82) is 0 Å². The molecule has 0 fully saturated rings. The van der Waals surface area contributed by atoms with Gasteiger partial charge in [0.15, 0.2) is 5.58 Å². The molecule has 0 unspecified atom stereocenters. The molecular formula is C63H40N4O. The van der Waals surface area contributed by atoms with E-state index in [2.05, 4.69) is 256 Å². The normalized spacial score (nSPS) is 11.8. The van der Waals surface area contributed by atoms with Crippen LogP contribution in [0.3, 0.4) is 0 Å². The van der Waals surface area contributed by atoms with Gasteiger partial charge in [-0.1, -0.05) is 170 Å². The minimum absolute atomic E-state index is 0.558.